The predicted molar refractivity (Wildman–Crippen MR) is 62.8 cm³/mol. The van der Waals surface area contributed by atoms with Gasteiger partial charge in [-0.1, -0.05) is 0 Å². The molecular weight excluding hydrogens is 226 g/mol. The fraction of sp³-hybridized carbons (Fsp3) is 0.583. The lowest BCUT2D eigenvalue weighted by atomic mass is 10.0. The van der Waals surface area contributed by atoms with Crippen molar-refractivity contribution in [3.8, 4) is 0 Å². The number of amides is 1. The van der Waals surface area contributed by atoms with Crippen molar-refractivity contribution in [2.24, 2.45) is 0 Å². The zero-order chi connectivity index (χ0) is 11.5. The summed E-state index contributed by atoms with van der Waals surface area (Å²) in [5, 5.41) is 0. The van der Waals surface area contributed by atoms with Gasteiger partial charge in [0.1, 0.15) is 12.0 Å². The monoisotopic (exact) mass is 241 g/mol. The van der Waals surface area contributed by atoms with E-state index >= 15 is 0 Å². The second kappa shape index (κ2) is 4.91. The van der Waals surface area contributed by atoms with Crippen LogP contribution in [0.5, 0.6) is 0 Å². The summed E-state index contributed by atoms with van der Waals surface area (Å²) >= 11 is 5.89. The fourth-order valence-electron chi connectivity index (χ4n) is 2.15. The zero-order valence-electron chi connectivity index (χ0n) is 9.41. The van der Waals surface area contributed by atoms with Crippen LogP contribution in [0, 0.1) is 6.92 Å². The smallest absolute Gasteiger partial charge is 0.257 e. The summed E-state index contributed by atoms with van der Waals surface area (Å²) < 4.78 is 5.16. The van der Waals surface area contributed by atoms with E-state index in [-0.39, 0.29) is 11.9 Å². The molecule has 1 unspecified atom stereocenters. The molecule has 0 aromatic carbocycles. The lowest BCUT2D eigenvalue weighted by molar-refractivity contribution is 0.0638. The van der Waals surface area contributed by atoms with Crippen molar-refractivity contribution in [1.82, 2.24) is 4.90 Å². The van der Waals surface area contributed by atoms with E-state index in [9.17, 15) is 4.79 Å². The third-order valence-corrected chi connectivity index (χ3v) is 3.40. The van der Waals surface area contributed by atoms with Gasteiger partial charge < -0.3 is 9.32 Å². The van der Waals surface area contributed by atoms with Crippen molar-refractivity contribution in [2.75, 3.05) is 12.4 Å². The third kappa shape index (κ3) is 2.24. The van der Waals surface area contributed by atoms with Crippen LogP contribution >= 0.6 is 11.6 Å². The minimum absolute atomic E-state index is 0.0437. The number of hydrogen-bond donors (Lipinski definition) is 0. The summed E-state index contributed by atoms with van der Waals surface area (Å²) in [6, 6.07) is 1.96. The summed E-state index contributed by atoms with van der Waals surface area (Å²) in [6.45, 7) is 2.65. The maximum atomic E-state index is 12.2. The van der Waals surface area contributed by atoms with Gasteiger partial charge in [0.15, 0.2) is 0 Å². The number of aryl methyl sites for hydroxylation is 1. The second-order valence-electron chi connectivity index (χ2n) is 4.25. The van der Waals surface area contributed by atoms with Crippen LogP contribution in [0.2, 0.25) is 0 Å². The Kier molecular flexibility index (Phi) is 3.54. The van der Waals surface area contributed by atoms with Crippen LogP contribution < -0.4 is 0 Å². The molecule has 88 valence electrons. The first-order valence-corrected chi connectivity index (χ1v) is 6.18. The van der Waals surface area contributed by atoms with Crippen molar-refractivity contribution in [1.29, 1.82) is 0 Å². The highest BCUT2D eigenvalue weighted by molar-refractivity contribution is 6.18. The van der Waals surface area contributed by atoms with Crippen LogP contribution in [-0.4, -0.2) is 29.3 Å². The largest absolute Gasteiger partial charge is 0.469 e. The van der Waals surface area contributed by atoms with Gasteiger partial charge in [0, 0.05) is 18.5 Å². The molecule has 4 heteroatoms. The summed E-state index contributed by atoms with van der Waals surface area (Å²) in [7, 11) is 0. The zero-order valence-corrected chi connectivity index (χ0v) is 10.2. The van der Waals surface area contributed by atoms with Gasteiger partial charge in [0.2, 0.25) is 0 Å². The number of carbonyl (C=O) groups is 1. The molecule has 0 aliphatic carbocycles. The molecule has 1 saturated heterocycles. The van der Waals surface area contributed by atoms with Crippen molar-refractivity contribution < 1.29 is 9.21 Å². The van der Waals surface area contributed by atoms with Gasteiger partial charge in [-0.25, -0.2) is 0 Å². The Balaban J connectivity index is 2.13. The first-order chi connectivity index (χ1) is 7.72. The van der Waals surface area contributed by atoms with Gasteiger partial charge in [0.05, 0.1) is 5.56 Å². The van der Waals surface area contributed by atoms with Crippen molar-refractivity contribution in [2.45, 2.75) is 32.2 Å². The van der Waals surface area contributed by atoms with E-state index in [1.165, 1.54) is 6.26 Å². The van der Waals surface area contributed by atoms with Crippen LogP contribution in [0.4, 0.5) is 0 Å². The first-order valence-electron chi connectivity index (χ1n) is 5.64. The van der Waals surface area contributed by atoms with Crippen molar-refractivity contribution in [3.05, 3.63) is 23.7 Å². The van der Waals surface area contributed by atoms with Crippen LogP contribution in [0.15, 0.2) is 16.7 Å². The summed E-state index contributed by atoms with van der Waals surface area (Å²) in [5.41, 5.74) is 0.634. The van der Waals surface area contributed by atoms with Gasteiger partial charge in [0.25, 0.3) is 5.91 Å². The molecule has 0 bridgehead atoms. The van der Waals surface area contributed by atoms with E-state index in [1.54, 1.807) is 6.07 Å². The molecule has 1 aromatic rings. The fourth-order valence-corrected chi connectivity index (χ4v) is 2.47. The lowest BCUT2D eigenvalue weighted by Crippen LogP contribution is -2.44. The topological polar surface area (TPSA) is 33.5 Å². The number of carbonyl (C=O) groups excluding carboxylic acids is 1. The van der Waals surface area contributed by atoms with Gasteiger partial charge in [-0.3, -0.25) is 4.79 Å². The quantitative estimate of drug-likeness (QED) is 0.746. The number of piperidine rings is 1. The van der Waals surface area contributed by atoms with E-state index in [0.717, 1.165) is 31.6 Å². The number of hydrogen-bond acceptors (Lipinski definition) is 2. The molecule has 16 heavy (non-hydrogen) atoms. The van der Waals surface area contributed by atoms with E-state index < -0.39 is 0 Å². The highest BCUT2D eigenvalue weighted by Crippen LogP contribution is 2.21. The third-order valence-electron chi connectivity index (χ3n) is 3.04. The molecule has 0 spiro atoms. The first kappa shape index (κ1) is 11.5. The van der Waals surface area contributed by atoms with Gasteiger partial charge in [-0.05, 0) is 32.3 Å². The second-order valence-corrected chi connectivity index (χ2v) is 4.56. The molecule has 2 heterocycles. The molecule has 0 radical (unpaired) electrons. The molecule has 0 saturated carbocycles. The highest BCUT2D eigenvalue weighted by atomic mass is 35.5. The normalized spacial score (nSPS) is 21.1. The number of likely N-dealkylation sites (tertiary alicyclic amines) is 1. The van der Waals surface area contributed by atoms with Gasteiger partial charge >= 0.3 is 0 Å². The standard InChI is InChI=1S/C12H16ClNO2/c1-9-6-10(8-16-9)12(15)14-5-3-2-4-11(14)7-13/h6,8,11H,2-5,7H2,1H3. The maximum Gasteiger partial charge on any atom is 0.257 e. The molecule has 1 aliphatic rings. The molecule has 2 rings (SSSR count). The minimum Gasteiger partial charge on any atom is -0.469 e. The van der Waals surface area contributed by atoms with Crippen molar-refractivity contribution in [3.63, 3.8) is 0 Å². The Labute approximate surface area is 100 Å². The SMILES string of the molecule is Cc1cc(C(=O)N2CCCCC2CCl)co1. The van der Waals surface area contributed by atoms with Gasteiger partial charge in [-0.15, -0.1) is 11.6 Å². The van der Waals surface area contributed by atoms with Crippen molar-refractivity contribution >= 4 is 17.5 Å². The summed E-state index contributed by atoms with van der Waals surface area (Å²) in [6.07, 6.45) is 4.76. The number of furan rings is 1. The minimum atomic E-state index is 0.0437. The molecule has 3 nitrogen and oxygen atoms in total. The average Bonchev–Trinajstić information content (AvgIpc) is 2.75. The van der Waals surface area contributed by atoms with Gasteiger partial charge in [-0.2, -0.15) is 0 Å². The Bertz CT molecular complexity index is 375. The van der Waals surface area contributed by atoms with E-state index in [1.807, 2.05) is 11.8 Å². The Hall–Kier alpha value is -0.960. The van der Waals surface area contributed by atoms with E-state index in [0.29, 0.717) is 11.4 Å². The van der Waals surface area contributed by atoms with E-state index in [4.69, 9.17) is 16.0 Å². The molecule has 1 aliphatic heterocycles. The lowest BCUT2D eigenvalue weighted by Gasteiger charge is -2.34. The molecule has 1 atom stereocenters. The predicted octanol–water partition coefficient (Wildman–Crippen LogP) is 2.82. The molecule has 0 N–H and O–H groups in total. The molecule has 1 aromatic heterocycles. The number of alkyl halides is 1. The maximum absolute atomic E-state index is 12.2. The molecule has 1 fully saturated rings. The highest BCUT2D eigenvalue weighted by Gasteiger charge is 2.27. The average molecular weight is 242 g/mol. The number of nitrogens with zero attached hydrogens (tertiary/aromatic N) is 1. The van der Waals surface area contributed by atoms with Crippen LogP contribution in [-0.2, 0) is 0 Å². The number of halogens is 1. The summed E-state index contributed by atoms with van der Waals surface area (Å²) in [5.74, 6) is 1.33. The Morgan fingerprint density at radius 1 is 1.62 bits per heavy atom. The number of rotatable bonds is 2. The van der Waals surface area contributed by atoms with Crippen LogP contribution in [0.1, 0.15) is 35.4 Å². The van der Waals surface area contributed by atoms with E-state index in [2.05, 4.69) is 0 Å². The van der Waals surface area contributed by atoms with Crippen LogP contribution in [0.3, 0.4) is 0 Å². The molecular formula is C12H16ClNO2. The summed E-state index contributed by atoms with van der Waals surface area (Å²) in [4.78, 5) is 14.1. The molecule has 1 amide bonds. The Morgan fingerprint density at radius 2 is 2.44 bits per heavy atom. The Morgan fingerprint density at radius 3 is 3.06 bits per heavy atom. The van der Waals surface area contributed by atoms with Crippen LogP contribution in [0.25, 0.3) is 0 Å².